The Morgan fingerprint density at radius 1 is 1.14 bits per heavy atom. The van der Waals surface area contributed by atoms with E-state index in [1.165, 1.54) is 0 Å². The van der Waals surface area contributed by atoms with Gasteiger partial charge in [0.1, 0.15) is 5.75 Å². The van der Waals surface area contributed by atoms with Gasteiger partial charge in [-0.25, -0.2) is 8.42 Å². The smallest absolute Gasteiger partial charge is 0.320 e. The minimum atomic E-state index is -3.57. The molecule has 0 amide bonds. The van der Waals surface area contributed by atoms with Crippen LogP contribution < -0.4 is 4.90 Å². The molecule has 2 N–H and O–H groups in total. The highest BCUT2D eigenvalue weighted by Crippen LogP contribution is 2.16. The van der Waals surface area contributed by atoms with Crippen molar-refractivity contribution in [1.29, 1.82) is 0 Å². The number of esters is 1. The van der Waals surface area contributed by atoms with Crippen molar-refractivity contribution in [3.05, 3.63) is 29.8 Å². The van der Waals surface area contributed by atoms with Gasteiger partial charge in [-0.3, -0.25) is 4.79 Å². The van der Waals surface area contributed by atoms with E-state index in [1.807, 2.05) is 0 Å². The number of methoxy groups -OCH3 is 1. The molecule has 0 aliphatic rings. The minimum absolute atomic E-state index is 0.0464. The predicted molar refractivity (Wildman–Crippen MR) is 82.3 cm³/mol. The van der Waals surface area contributed by atoms with Crippen LogP contribution in [0.2, 0.25) is 0 Å². The molecule has 0 bridgehead atoms. The number of carbonyl (C=O) groups excluding carboxylic acids is 1. The topological polar surface area (TPSA) is 104 Å². The maximum absolute atomic E-state index is 11.8. The Hall–Kier alpha value is -1.64. The second-order valence-electron chi connectivity index (χ2n) is 4.71. The number of hydrogen-bond donors (Lipinski definition) is 2. The molecule has 0 aromatic heterocycles. The Labute approximate surface area is 130 Å². The third-order valence-electron chi connectivity index (χ3n) is 2.99. The molecule has 0 heterocycles. The van der Waals surface area contributed by atoms with Crippen molar-refractivity contribution in [2.45, 2.75) is 5.75 Å². The molecule has 0 fully saturated rings. The summed E-state index contributed by atoms with van der Waals surface area (Å²) < 4.78 is 28.0. The van der Waals surface area contributed by atoms with Crippen LogP contribution in [-0.4, -0.2) is 63.8 Å². The van der Waals surface area contributed by atoms with Crippen LogP contribution in [0.4, 0.5) is 5.69 Å². The first-order valence-electron chi connectivity index (χ1n) is 6.74. The monoisotopic (exact) mass is 331 g/mol. The largest absolute Gasteiger partial charge is 0.468 e. The molecule has 0 atom stereocenters. The Balaban J connectivity index is 2.77. The molecule has 8 heteroatoms. The number of anilines is 1. The van der Waals surface area contributed by atoms with E-state index in [4.69, 9.17) is 10.2 Å². The molecule has 0 unspecified atom stereocenters. The molecule has 0 aliphatic carbocycles. The zero-order chi connectivity index (χ0) is 16.6. The molecule has 0 radical (unpaired) electrons. The second kappa shape index (κ2) is 8.72. The van der Waals surface area contributed by atoms with E-state index in [2.05, 4.69) is 4.74 Å². The summed E-state index contributed by atoms with van der Waals surface area (Å²) in [5.74, 6) is -1.68. The zero-order valence-electron chi connectivity index (χ0n) is 12.4. The van der Waals surface area contributed by atoms with Gasteiger partial charge in [-0.2, -0.15) is 0 Å². The lowest BCUT2D eigenvalue weighted by atomic mass is 10.2. The normalized spacial score (nSPS) is 11.2. The summed E-state index contributed by atoms with van der Waals surface area (Å²) in [6, 6.07) is 6.72. The van der Waals surface area contributed by atoms with Crippen LogP contribution in [0.3, 0.4) is 0 Å². The van der Waals surface area contributed by atoms with Crippen molar-refractivity contribution in [2.24, 2.45) is 0 Å². The zero-order valence-corrected chi connectivity index (χ0v) is 13.3. The lowest BCUT2D eigenvalue weighted by Gasteiger charge is -2.23. The Morgan fingerprint density at radius 3 is 2.14 bits per heavy atom. The van der Waals surface area contributed by atoms with E-state index < -0.39 is 21.6 Å². The van der Waals surface area contributed by atoms with Gasteiger partial charge in [0.2, 0.25) is 0 Å². The van der Waals surface area contributed by atoms with Gasteiger partial charge in [-0.05, 0) is 17.7 Å². The standard InChI is InChI=1S/C14H21NO6S/c1-21-14(18)11-22(19,20)10-12-2-4-13(5-3-12)15(6-8-16)7-9-17/h2-5,16-17H,6-11H2,1H3. The summed E-state index contributed by atoms with van der Waals surface area (Å²) in [6.07, 6.45) is 0. The van der Waals surface area contributed by atoms with Crippen LogP contribution >= 0.6 is 0 Å². The lowest BCUT2D eigenvalue weighted by Crippen LogP contribution is -2.29. The highest BCUT2D eigenvalue weighted by atomic mass is 32.2. The maximum Gasteiger partial charge on any atom is 0.320 e. The average Bonchev–Trinajstić information content (AvgIpc) is 2.47. The fraction of sp³-hybridized carbons (Fsp3) is 0.500. The summed E-state index contributed by atoms with van der Waals surface area (Å²) in [5.41, 5.74) is 1.33. The van der Waals surface area contributed by atoms with E-state index in [9.17, 15) is 13.2 Å². The number of benzene rings is 1. The fourth-order valence-electron chi connectivity index (χ4n) is 1.96. The lowest BCUT2D eigenvalue weighted by molar-refractivity contribution is -0.137. The van der Waals surface area contributed by atoms with Crippen molar-refractivity contribution in [1.82, 2.24) is 0 Å². The fourth-order valence-corrected chi connectivity index (χ4v) is 3.24. The van der Waals surface area contributed by atoms with Gasteiger partial charge in [0.15, 0.2) is 9.84 Å². The van der Waals surface area contributed by atoms with Crippen LogP contribution in [0.15, 0.2) is 24.3 Å². The van der Waals surface area contributed by atoms with Crippen molar-refractivity contribution in [3.63, 3.8) is 0 Å². The van der Waals surface area contributed by atoms with Crippen molar-refractivity contribution in [3.8, 4) is 0 Å². The summed E-state index contributed by atoms with van der Waals surface area (Å²) in [6.45, 7) is 0.658. The van der Waals surface area contributed by atoms with Gasteiger partial charge < -0.3 is 19.8 Å². The van der Waals surface area contributed by atoms with Crippen LogP contribution in [-0.2, 0) is 25.1 Å². The van der Waals surface area contributed by atoms with Crippen molar-refractivity contribution < 1.29 is 28.2 Å². The third kappa shape index (κ3) is 6.00. The van der Waals surface area contributed by atoms with Crippen LogP contribution in [0.5, 0.6) is 0 Å². The number of sulfone groups is 1. The highest BCUT2D eigenvalue weighted by Gasteiger charge is 2.18. The molecule has 1 rings (SSSR count). The highest BCUT2D eigenvalue weighted by molar-refractivity contribution is 7.91. The summed E-state index contributed by atoms with van der Waals surface area (Å²) in [7, 11) is -2.43. The Kier molecular flexibility index (Phi) is 7.30. The average molecular weight is 331 g/mol. The quantitative estimate of drug-likeness (QED) is 0.591. The SMILES string of the molecule is COC(=O)CS(=O)(=O)Cc1ccc(N(CCO)CCO)cc1. The molecule has 0 saturated heterocycles. The number of ether oxygens (including phenoxy) is 1. The number of rotatable bonds is 9. The van der Waals surface area contributed by atoms with E-state index >= 15 is 0 Å². The molecule has 22 heavy (non-hydrogen) atoms. The molecule has 1 aromatic carbocycles. The predicted octanol–water partition coefficient (Wildman–Crippen LogP) is -0.435. The van der Waals surface area contributed by atoms with Gasteiger partial charge in [-0.15, -0.1) is 0 Å². The molecular weight excluding hydrogens is 310 g/mol. The molecule has 124 valence electrons. The molecule has 0 aliphatic heterocycles. The number of hydrogen-bond acceptors (Lipinski definition) is 7. The number of aliphatic hydroxyl groups is 2. The van der Waals surface area contributed by atoms with E-state index in [1.54, 1.807) is 29.2 Å². The summed E-state index contributed by atoms with van der Waals surface area (Å²) in [4.78, 5) is 12.8. The molecule has 7 nitrogen and oxygen atoms in total. The molecule has 0 spiro atoms. The molecular formula is C14H21NO6S. The Bertz CT molecular complexity index is 564. The first-order valence-corrected chi connectivity index (χ1v) is 8.57. The van der Waals surface area contributed by atoms with E-state index in [0.717, 1.165) is 12.8 Å². The third-order valence-corrected chi connectivity index (χ3v) is 4.44. The minimum Gasteiger partial charge on any atom is -0.468 e. The van der Waals surface area contributed by atoms with Gasteiger partial charge >= 0.3 is 5.97 Å². The van der Waals surface area contributed by atoms with Gasteiger partial charge in [0.05, 0.1) is 26.1 Å². The Morgan fingerprint density at radius 2 is 1.68 bits per heavy atom. The van der Waals surface area contributed by atoms with Gasteiger partial charge in [-0.1, -0.05) is 12.1 Å². The van der Waals surface area contributed by atoms with Gasteiger partial charge in [0, 0.05) is 18.8 Å². The first-order chi connectivity index (χ1) is 10.4. The maximum atomic E-state index is 11.8. The summed E-state index contributed by atoms with van der Waals surface area (Å²) >= 11 is 0. The first kappa shape index (κ1) is 18.4. The van der Waals surface area contributed by atoms with Crippen molar-refractivity contribution >= 4 is 21.5 Å². The summed E-state index contributed by atoms with van der Waals surface area (Å²) in [5, 5.41) is 18.0. The van der Waals surface area contributed by atoms with Crippen LogP contribution in [0.25, 0.3) is 0 Å². The number of aliphatic hydroxyl groups excluding tert-OH is 2. The number of carbonyl (C=O) groups is 1. The van der Waals surface area contributed by atoms with Crippen molar-refractivity contribution in [2.75, 3.05) is 44.1 Å². The van der Waals surface area contributed by atoms with E-state index in [-0.39, 0.29) is 19.0 Å². The van der Waals surface area contributed by atoms with Crippen LogP contribution in [0.1, 0.15) is 5.56 Å². The van der Waals surface area contributed by atoms with E-state index in [0.29, 0.717) is 18.7 Å². The second-order valence-corrected chi connectivity index (χ2v) is 6.77. The number of nitrogens with zero attached hydrogens (tertiary/aromatic N) is 1. The molecule has 0 saturated carbocycles. The van der Waals surface area contributed by atoms with Gasteiger partial charge in [0.25, 0.3) is 0 Å². The molecule has 1 aromatic rings. The van der Waals surface area contributed by atoms with Crippen LogP contribution in [0, 0.1) is 0 Å².